The predicted octanol–water partition coefficient (Wildman–Crippen LogP) is 0.717. The Morgan fingerprint density at radius 2 is 1.77 bits per heavy atom. The molecule has 2 atom stereocenters. The lowest BCUT2D eigenvalue weighted by atomic mass is 9.59. The molecule has 4 bridgehead atoms. The van der Waals surface area contributed by atoms with Gasteiger partial charge in [0.1, 0.15) is 48.3 Å². The maximum atomic E-state index is 13.3. The molecule has 4 aliphatic heterocycles. The number of nitrogens with one attached hydrogen (secondary N) is 2. The number of phenols is 1. The van der Waals surface area contributed by atoms with Gasteiger partial charge in [-0.15, -0.1) is 0 Å². The summed E-state index contributed by atoms with van der Waals surface area (Å²) in [5.41, 5.74) is 0.726. The van der Waals surface area contributed by atoms with Crippen molar-refractivity contribution in [3.63, 3.8) is 0 Å². The minimum absolute atomic E-state index is 0.151. The fourth-order valence-electron chi connectivity index (χ4n) is 6.54. The van der Waals surface area contributed by atoms with E-state index in [-0.39, 0.29) is 17.0 Å². The molecule has 26 heavy (non-hydrogen) atoms. The Bertz CT molecular complexity index is 890. The van der Waals surface area contributed by atoms with E-state index in [2.05, 4.69) is 38.1 Å². The number of fused-ring (bicyclic) bond motifs is 1. The molecule has 0 aliphatic carbocycles. The third-order valence-corrected chi connectivity index (χ3v) is 7.18. The largest absolute Gasteiger partial charge is 0.507 e. The van der Waals surface area contributed by atoms with Crippen molar-refractivity contribution in [1.29, 1.82) is 0 Å². The summed E-state index contributed by atoms with van der Waals surface area (Å²) >= 11 is 0. The van der Waals surface area contributed by atoms with E-state index in [1.165, 1.54) is 15.2 Å². The zero-order valence-electron chi connectivity index (χ0n) is 15.6. The second-order valence-electron chi connectivity index (χ2n) is 9.10. The first-order valence-electron chi connectivity index (χ1n) is 9.92. The number of aromatic hydroxyl groups is 1. The molecule has 4 nitrogen and oxygen atoms in total. The van der Waals surface area contributed by atoms with Crippen LogP contribution in [-0.4, -0.2) is 37.1 Å². The number of carbonyl (C=O) groups excluding carboxylic acids is 1. The average molecular weight is 352 g/mol. The van der Waals surface area contributed by atoms with Crippen molar-refractivity contribution >= 4 is 16.6 Å². The molecule has 0 amide bonds. The molecule has 6 rings (SSSR count). The lowest BCUT2D eigenvalue weighted by molar-refractivity contribution is -1.18. The number of benzene rings is 2. The second-order valence-corrected chi connectivity index (χ2v) is 9.10. The minimum atomic E-state index is -0.201. The van der Waals surface area contributed by atoms with Crippen LogP contribution in [0.1, 0.15) is 38.4 Å². The summed E-state index contributed by atoms with van der Waals surface area (Å²) < 4.78 is 0. The van der Waals surface area contributed by atoms with Crippen molar-refractivity contribution in [3.05, 3.63) is 42.0 Å². The summed E-state index contributed by atoms with van der Waals surface area (Å²) in [6, 6.07) is 12.2. The Hall–Kier alpha value is -1.91. The molecule has 4 fully saturated rings. The fourth-order valence-corrected chi connectivity index (χ4v) is 6.54. The quantitative estimate of drug-likeness (QED) is 0.762. The molecular formula is C22H28N2O2+2. The SMILES string of the molecule is CCCC12C[NH+]3CC(C)(C[NH+](C1)C3c1c(O)ccc3ccccc13)C2=O. The van der Waals surface area contributed by atoms with Gasteiger partial charge in [-0.2, -0.15) is 0 Å². The van der Waals surface area contributed by atoms with Gasteiger partial charge < -0.3 is 5.11 Å². The van der Waals surface area contributed by atoms with Gasteiger partial charge in [0.25, 0.3) is 0 Å². The van der Waals surface area contributed by atoms with E-state index in [0.717, 1.165) is 50.0 Å². The molecule has 2 unspecified atom stereocenters. The summed E-state index contributed by atoms with van der Waals surface area (Å²) in [6.45, 7) is 8.01. The van der Waals surface area contributed by atoms with Crippen LogP contribution in [0.4, 0.5) is 0 Å². The highest BCUT2D eigenvalue weighted by Gasteiger charge is 2.69. The molecule has 136 valence electrons. The standard InChI is InChI=1S/C22H26N2O2/c1-3-10-22-13-23-11-21(2,20(22)26)12-24(14-22)19(23)18-16-7-5-4-6-15(16)8-9-17(18)25/h4-9,19,25H,3,10-14H2,1-2H3/p+2. The molecule has 2 aromatic carbocycles. The van der Waals surface area contributed by atoms with E-state index in [0.29, 0.717) is 11.5 Å². The Kier molecular flexibility index (Phi) is 3.32. The van der Waals surface area contributed by atoms with Gasteiger partial charge in [0.15, 0.2) is 5.78 Å². The summed E-state index contributed by atoms with van der Waals surface area (Å²) in [5, 5.41) is 13.1. The van der Waals surface area contributed by atoms with Crippen LogP contribution >= 0.6 is 0 Å². The van der Waals surface area contributed by atoms with Crippen molar-refractivity contribution < 1.29 is 19.7 Å². The highest BCUT2D eigenvalue weighted by Crippen LogP contribution is 2.41. The van der Waals surface area contributed by atoms with E-state index in [4.69, 9.17) is 0 Å². The summed E-state index contributed by atoms with van der Waals surface area (Å²) in [7, 11) is 0. The first kappa shape index (κ1) is 16.3. The number of ketones is 1. The van der Waals surface area contributed by atoms with Gasteiger partial charge in [-0.3, -0.25) is 14.6 Å². The average Bonchev–Trinajstić information content (AvgIpc) is 2.60. The topological polar surface area (TPSA) is 46.2 Å². The summed E-state index contributed by atoms with van der Waals surface area (Å²) in [5.74, 6) is 0.919. The lowest BCUT2D eigenvalue weighted by Crippen LogP contribution is -3.41. The van der Waals surface area contributed by atoms with Crippen LogP contribution in [0.25, 0.3) is 10.8 Å². The smallest absolute Gasteiger partial charge is 0.244 e. The van der Waals surface area contributed by atoms with Gasteiger partial charge in [0.05, 0.1) is 0 Å². The van der Waals surface area contributed by atoms with Crippen LogP contribution in [0, 0.1) is 10.8 Å². The van der Waals surface area contributed by atoms with Crippen LogP contribution in [0.2, 0.25) is 0 Å². The highest BCUT2D eigenvalue weighted by molar-refractivity contribution is 5.92. The molecule has 4 heteroatoms. The molecule has 4 saturated heterocycles. The third-order valence-electron chi connectivity index (χ3n) is 7.18. The van der Waals surface area contributed by atoms with Gasteiger partial charge in [0, 0.05) is 5.39 Å². The van der Waals surface area contributed by atoms with Crippen molar-refractivity contribution in [2.75, 3.05) is 26.2 Å². The molecule has 3 N–H and O–H groups in total. The number of rotatable bonds is 3. The van der Waals surface area contributed by atoms with Crippen LogP contribution in [0.15, 0.2) is 36.4 Å². The third kappa shape index (κ3) is 2.00. The van der Waals surface area contributed by atoms with E-state index in [1.807, 2.05) is 12.1 Å². The molecule has 2 aromatic rings. The first-order chi connectivity index (χ1) is 12.5. The molecule has 0 radical (unpaired) electrons. The lowest BCUT2D eigenvalue weighted by Gasteiger charge is -2.59. The maximum absolute atomic E-state index is 13.3. The van der Waals surface area contributed by atoms with Crippen molar-refractivity contribution in [1.82, 2.24) is 0 Å². The zero-order chi connectivity index (χ0) is 18.1. The number of hydrogen-bond acceptors (Lipinski definition) is 2. The molecule has 4 heterocycles. The van der Waals surface area contributed by atoms with Crippen molar-refractivity contribution in [3.8, 4) is 5.75 Å². The highest BCUT2D eigenvalue weighted by atomic mass is 16.3. The molecular weight excluding hydrogens is 324 g/mol. The van der Waals surface area contributed by atoms with Gasteiger partial charge >= 0.3 is 0 Å². The number of phenolic OH excluding ortho intramolecular Hbond substituents is 1. The number of piperidine rings is 2. The van der Waals surface area contributed by atoms with Crippen LogP contribution < -0.4 is 9.80 Å². The zero-order valence-corrected chi connectivity index (χ0v) is 15.6. The Morgan fingerprint density at radius 3 is 2.46 bits per heavy atom. The monoisotopic (exact) mass is 352 g/mol. The molecule has 0 aromatic heterocycles. The van der Waals surface area contributed by atoms with E-state index >= 15 is 0 Å². The normalized spacial score (nSPS) is 38.2. The fraction of sp³-hybridized carbons (Fsp3) is 0.500. The van der Waals surface area contributed by atoms with E-state index in [9.17, 15) is 9.90 Å². The first-order valence-corrected chi connectivity index (χ1v) is 9.92. The summed E-state index contributed by atoms with van der Waals surface area (Å²) in [4.78, 5) is 16.2. The van der Waals surface area contributed by atoms with Crippen LogP contribution in [0.5, 0.6) is 5.75 Å². The molecule has 4 aliphatic rings. The van der Waals surface area contributed by atoms with Crippen molar-refractivity contribution in [2.24, 2.45) is 10.8 Å². The van der Waals surface area contributed by atoms with E-state index in [1.54, 1.807) is 0 Å². The molecule has 0 saturated carbocycles. The number of carbonyl (C=O) groups is 1. The van der Waals surface area contributed by atoms with Gasteiger partial charge in [-0.05, 0) is 24.8 Å². The number of hydrogen-bond donors (Lipinski definition) is 3. The van der Waals surface area contributed by atoms with Gasteiger partial charge in [-0.25, -0.2) is 0 Å². The number of quaternary nitrogens is 2. The predicted molar refractivity (Wildman–Crippen MR) is 100 cm³/mol. The minimum Gasteiger partial charge on any atom is -0.507 e. The van der Waals surface area contributed by atoms with E-state index < -0.39 is 0 Å². The maximum Gasteiger partial charge on any atom is 0.244 e. The van der Waals surface area contributed by atoms with Crippen molar-refractivity contribution in [2.45, 2.75) is 32.9 Å². The van der Waals surface area contributed by atoms with Gasteiger partial charge in [-0.1, -0.05) is 43.7 Å². The second kappa shape index (κ2) is 5.30. The van der Waals surface area contributed by atoms with Crippen LogP contribution in [0.3, 0.4) is 0 Å². The Morgan fingerprint density at radius 1 is 1.08 bits per heavy atom. The van der Waals surface area contributed by atoms with Crippen LogP contribution in [-0.2, 0) is 4.79 Å². The Labute approximate surface area is 154 Å². The number of Topliss-reactive ketones (excluding diaryl/α,β-unsaturated/α-hetero) is 1. The summed E-state index contributed by atoms with van der Waals surface area (Å²) in [6.07, 6.45) is 2.29. The van der Waals surface area contributed by atoms with Gasteiger partial charge in [0.2, 0.25) is 6.17 Å². The Balaban J connectivity index is 1.65. The molecule has 0 spiro atoms.